The average molecular weight is 818 g/mol. The molecule has 0 aromatic rings. The lowest BCUT2D eigenvalue weighted by Gasteiger charge is -2.28. The van der Waals surface area contributed by atoms with Crippen molar-refractivity contribution >= 4 is 19.8 Å². The molecule has 0 aliphatic rings. The van der Waals surface area contributed by atoms with E-state index in [-0.39, 0.29) is 26.1 Å². The van der Waals surface area contributed by atoms with E-state index in [1.807, 2.05) is 33.3 Å². The van der Waals surface area contributed by atoms with Crippen molar-refractivity contribution in [3.8, 4) is 0 Å². The first-order chi connectivity index (χ1) is 27.5. The molecular formula is C47H80NO8P. The van der Waals surface area contributed by atoms with Gasteiger partial charge >= 0.3 is 11.9 Å². The molecule has 57 heavy (non-hydrogen) atoms. The summed E-state index contributed by atoms with van der Waals surface area (Å²) in [7, 11) is 1.10. The second-order valence-electron chi connectivity index (χ2n) is 15.3. The summed E-state index contributed by atoms with van der Waals surface area (Å²) in [6.45, 7) is 3.98. The topological polar surface area (TPSA) is 111 Å². The summed E-state index contributed by atoms with van der Waals surface area (Å²) < 4.78 is 33.8. The van der Waals surface area contributed by atoms with Crippen LogP contribution < -0.4 is 4.89 Å². The first kappa shape index (κ1) is 54.2. The number of esters is 2. The van der Waals surface area contributed by atoms with Crippen LogP contribution in [0.5, 0.6) is 0 Å². The minimum Gasteiger partial charge on any atom is -0.756 e. The molecule has 326 valence electrons. The number of hydrogen-bond donors (Lipinski definition) is 0. The van der Waals surface area contributed by atoms with Crippen molar-refractivity contribution in [3.63, 3.8) is 0 Å². The van der Waals surface area contributed by atoms with Crippen LogP contribution in [0.2, 0.25) is 0 Å². The van der Waals surface area contributed by atoms with Gasteiger partial charge in [0.05, 0.1) is 27.7 Å². The number of phosphoric acid groups is 1. The van der Waals surface area contributed by atoms with Crippen LogP contribution in [0.25, 0.3) is 0 Å². The highest BCUT2D eigenvalue weighted by Gasteiger charge is 2.21. The summed E-state index contributed by atoms with van der Waals surface area (Å²) >= 11 is 0. The van der Waals surface area contributed by atoms with Crippen molar-refractivity contribution < 1.29 is 42.1 Å². The molecule has 0 heterocycles. The van der Waals surface area contributed by atoms with Crippen molar-refractivity contribution in [2.75, 3.05) is 47.5 Å². The predicted octanol–water partition coefficient (Wildman–Crippen LogP) is 11.8. The highest BCUT2D eigenvalue weighted by molar-refractivity contribution is 7.45. The zero-order chi connectivity index (χ0) is 42.1. The van der Waals surface area contributed by atoms with Crippen LogP contribution in [-0.4, -0.2) is 70.0 Å². The van der Waals surface area contributed by atoms with E-state index in [0.717, 1.165) is 70.6 Å². The fourth-order valence-electron chi connectivity index (χ4n) is 5.26. The molecule has 0 bridgehead atoms. The van der Waals surface area contributed by atoms with Gasteiger partial charge in [0.2, 0.25) is 0 Å². The Bertz CT molecular complexity index is 1240. The molecule has 0 aromatic carbocycles. The summed E-state index contributed by atoms with van der Waals surface area (Å²) in [6, 6.07) is 0. The third kappa shape index (κ3) is 42.6. The number of carbonyl (C=O) groups excluding carboxylic acids is 2. The Labute approximate surface area is 348 Å². The van der Waals surface area contributed by atoms with Gasteiger partial charge in [0.25, 0.3) is 7.82 Å². The van der Waals surface area contributed by atoms with Crippen LogP contribution in [0.1, 0.15) is 149 Å². The smallest absolute Gasteiger partial charge is 0.306 e. The summed E-state index contributed by atoms with van der Waals surface area (Å²) in [5, 5.41) is 0. The highest BCUT2D eigenvalue weighted by Crippen LogP contribution is 2.38. The first-order valence-corrected chi connectivity index (χ1v) is 23.3. The van der Waals surface area contributed by atoms with Gasteiger partial charge in [0.15, 0.2) is 6.10 Å². The molecule has 0 saturated heterocycles. The minimum atomic E-state index is -4.65. The molecule has 0 amide bonds. The van der Waals surface area contributed by atoms with Gasteiger partial charge in [-0.3, -0.25) is 14.2 Å². The molecule has 0 fully saturated rings. The number of unbranched alkanes of at least 4 members (excludes halogenated alkanes) is 10. The van der Waals surface area contributed by atoms with Crippen molar-refractivity contribution in [2.24, 2.45) is 0 Å². The van der Waals surface area contributed by atoms with E-state index in [9.17, 15) is 19.0 Å². The fourth-order valence-corrected chi connectivity index (χ4v) is 5.99. The van der Waals surface area contributed by atoms with E-state index >= 15 is 0 Å². The van der Waals surface area contributed by atoms with Crippen molar-refractivity contribution in [1.82, 2.24) is 0 Å². The molecule has 0 saturated carbocycles. The van der Waals surface area contributed by atoms with Crippen molar-refractivity contribution in [3.05, 3.63) is 85.1 Å². The van der Waals surface area contributed by atoms with Crippen LogP contribution in [0, 0.1) is 0 Å². The molecule has 0 radical (unpaired) electrons. The summed E-state index contributed by atoms with van der Waals surface area (Å²) in [4.78, 5) is 37.5. The number of allylic oxidation sites excluding steroid dienone is 14. The Balaban J connectivity index is 4.53. The second kappa shape index (κ2) is 38.7. The van der Waals surface area contributed by atoms with Crippen LogP contribution in [-0.2, 0) is 32.7 Å². The van der Waals surface area contributed by atoms with Crippen molar-refractivity contribution in [2.45, 2.75) is 155 Å². The first-order valence-electron chi connectivity index (χ1n) is 21.8. The molecule has 0 rings (SSSR count). The second-order valence-corrected chi connectivity index (χ2v) is 16.7. The molecule has 0 spiro atoms. The van der Waals surface area contributed by atoms with Crippen LogP contribution in [0.4, 0.5) is 0 Å². The Morgan fingerprint density at radius 3 is 1.56 bits per heavy atom. The van der Waals surface area contributed by atoms with Gasteiger partial charge in [0.1, 0.15) is 19.8 Å². The molecule has 1 unspecified atom stereocenters. The molecule has 0 N–H and O–H groups in total. The Hall–Kier alpha value is -2.81. The lowest BCUT2D eigenvalue weighted by atomic mass is 10.1. The number of likely N-dealkylation sites (N-methyl/N-ethyl adjacent to an activating group) is 1. The molecule has 0 aliphatic carbocycles. The number of rotatable bonds is 38. The van der Waals surface area contributed by atoms with E-state index in [4.69, 9.17) is 18.5 Å². The largest absolute Gasteiger partial charge is 0.756 e. The van der Waals surface area contributed by atoms with Gasteiger partial charge in [-0.1, -0.05) is 144 Å². The minimum absolute atomic E-state index is 0.0500. The molecule has 9 nitrogen and oxygen atoms in total. The Kier molecular flexibility index (Phi) is 36.8. The van der Waals surface area contributed by atoms with Crippen LogP contribution >= 0.6 is 7.82 Å². The number of quaternary nitrogens is 1. The average Bonchev–Trinajstić information content (AvgIpc) is 3.16. The summed E-state index contributed by atoms with van der Waals surface area (Å²) in [5.74, 6) is -0.951. The SMILES string of the molecule is CC/C=C/C/C=C/C/C=C/C/C=C/C/C=C/C/C=C/CCC(=O)O[C@H](COC(=O)CCCCCCC/C=C/CCCCCCC)COP(=O)([O-])OCC[N+](C)(C)C. The van der Waals surface area contributed by atoms with E-state index in [1.54, 1.807) is 0 Å². The number of nitrogens with zero attached hydrogens (tertiary/aromatic N) is 1. The van der Waals surface area contributed by atoms with Gasteiger partial charge in [-0.05, 0) is 77.0 Å². The number of hydrogen-bond acceptors (Lipinski definition) is 8. The van der Waals surface area contributed by atoms with Gasteiger partial charge in [-0.2, -0.15) is 0 Å². The Morgan fingerprint density at radius 2 is 1.04 bits per heavy atom. The van der Waals surface area contributed by atoms with Gasteiger partial charge < -0.3 is 27.9 Å². The predicted molar refractivity (Wildman–Crippen MR) is 236 cm³/mol. The van der Waals surface area contributed by atoms with E-state index in [2.05, 4.69) is 86.8 Å². The maximum atomic E-state index is 12.6. The third-order valence-corrected chi connectivity index (χ3v) is 9.63. The van der Waals surface area contributed by atoms with Crippen LogP contribution in [0.15, 0.2) is 85.1 Å². The zero-order valence-electron chi connectivity index (χ0n) is 36.5. The molecule has 0 aliphatic heterocycles. The lowest BCUT2D eigenvalue weighted by Crippen LogP contribution is -2.37. The normalized spacial score (nSPS) is 14.4. The lowest BCUT2D eigenvalue weighted by molar-refractivity contribution is -0.870. The fraction of sp³-hybridized carbons (Fsp3) is 0.660. The highest BCUT2D eigenvalue weighted by atomic mass is 31.2. The van der Waals surface area contributed by atoms with Crippen molar-refractivity contribution in [1.29, 1.82) is 0 Å². The summed E-state index contributed by atoms with van der Waals surface area (Å²) in [5.41, 5.74) is 0. The number of carbonyl (C=O) groups is 2. The van der Waals surface area contributed by atoms with Gasteiger partial charge in [-0.25, -0.2) is 0 Å². The quantitative estimate of drug-likeness (QED) is 0.0199. The summed E-state index contributed by atoms with van der Waals surface area (Å²) in [6.07, 6.45) is 49.1. The molecule has 2 atom stereocenters. The standard InChI is InChI=1S/C47H80NO8P/c1-6-8-10-12-14-16-18-20-22-23-24-25-26-28-30-32-34-36-38-40-47(50)56-45(44-55-57(51,52)54-42-41-48(3,4)5)43-53-46(49)39-37-35-33-31-29-27-21-19-17-15-13-11-9-7-2/h8,10,14,16,19-22,24-25,28,30,34,36,45H,6-7,9,11-13,15,17-18,23,26-27,29,31-33,35,37-44H2,1-5H3/b10-8+,16-14+,21-19+,22-20+,25-24+,30-28+,36-34+/t45-/m1/s1. The maximum Gasteiger partial charge on any atom is 0.306 e. The van der Waals surface area contributed by atoms with E-state index in [1.165, 1.54) is 38.5 Å². The third-order valence-electron chi connectivity index (χ3n) is 8.66. The maximum absolute atomic E-state index is 12.6. The van der Waals surface area contributed by atoms with E-state index in [0.29, 0.717) is 23.9 Å². The Morgan fingerprint density at radius 1 is 0.561 bits per heavy atom. The zero-order valence-corrected chi connectivity index (χ0v) is 37.4. The van der Waals surface area contributed by atoms with E-state index < -0.39 is 32.5 Å². The molecule has 0 aromatic heterocycles. The molecule has 10 heteroatoms. The number of ether oxygens (including phenoxy) is 2. The van der Waals surface area contributed by atoms with Gasteiger partial charge in [-0.15, -0.1) is 0 Å². The van der Waals surface area contributed by atoms with Crippen LogP contribution in [0.3, 0.4) is 0 Å². The molecular weight excluding hydrogens is 737 g/mol. The van der Waals surface area contributed by atoms with Gasteiger partial charge in [0, 0.05) is 12.8 Å². The number of phosphoric ester groups is 1. The monoisotopic (exact) mass is 818 g/mol.